The van der Waals surface area contributed by atoms with E-state index in [-0.39, 0.29) is 17.2 Å². The van der Waals surface area contributed by atoms with Crippen LogP contribution in [0.15, 0.2) is 28.7 Å². The Balaban J connectivity index is 1.67. The van der Waals surface area contributed by atoms with Crippen LogP contribution in [0.3, 0.4) is 0 Å². The summed E-state index contributed by atoms with van der Waals surface area (Å²) in [5, 5.41) is 2.84. The maximum Gasteiger partial charge on any atom is 0.234 e. The van der Waals surface area contributed by atoms with Gasteiger partial charge in [-0.25, -0.2) is 0 Å². The summed E-state index contributed by atoms with van der Waals surface area (Å²) in [6.45, 7) is 5.94. The lowest BCUT2D eigenvalue weighted by Gasteiger charge is -2.40. The van der Waals surface area contributed by atoms with Crippen molar-refractivity contribution in [3.05, 3.63) is 34.3 Å². The number of benzene rings is 1. The standard InChI is InChI=1S/C20H28BrN3O2/c1-2-22-18(25)15-23-10-12-24(13-11-23)19(26)20(8-3-4-9-20)16-6-5-7-17(21)14-16/h5-7,14H,2-4,8-13,15H2,1H3,(H,22,25). The summed E-state index contributed by atoms with van der Waals surface area (Å²) in [6, 6.07) is 8.24. The summed E-state index contributed by atoms with van der Waals surface area (Å²) in [6.07, 6.45) is 4.08. The van der Waals surface area contributed by atoms with E-state index in [1.54, 1.807) is 0 Å². The summed E-state index contributed by atoms with van der Waals surface area (Å²) in [4.78, 5) is 29.4. The smallest absolute Gasteiger partial charge is 0.234 e. The number of nitrogens with one attached hydrogen (secondary N) is 1. The van der Waals surface area contributed by atoms with Crippen LogP contribution in [0.25, 0.3) is 0 Å². The summed E-state index contributed by atoms with van der Waals surface area (Å²) in [5.74, 6) is 0.333. The van der Waals surface area contributed by atoms with E-state index in [0.717, 1.165) is 48.8 Å². The Hall–Kier alpha value is -1.40. The molecule has 1 heterocycles. The number of carbonyl (C=O) groups is 2. The zero-order valence-electron chi connectivity index (χ0n) is 15.5. The first-order chi connectivity index (χ1) is 12.5. The maximum atomic E-state index is 13.5. The highest BCUT2D eigenvalue weighted by molar-refractivity contribution is 9.10. The maximum absolute atomic E-state index is 13.5. The monoisotopic (exact) mass is 421 g/mol. The normalized spacial score (nSPS) is 20.2. The van der Waals surface area contributed by atoms with Gasteiger partial charge in [0.15, 0.2) is 0 Å². The van der Waals surface area contributed by atoms with Gasteiger partial charge in [0.2, 0.25) is 11.8 Å². The van der Waals surface area contributed by atoms with E-state index in [0.29, 0.717) is 26.2 Å². The van der Waals surface area contributed by atoms with Gasteiger partial charge in [0, 0.05) is 37.2 Å². The zero-order valence-corrected chi connectivity index (χ0v) is 17.1. The van der Waals surface area contributed by atoms with Gasteiger partial charge in [-0.1, -0.05) is 40.9 Å². The fourth-order valence-corrected chi connectivity index (χ4v) is 4.66. The number of hydrogen-bond donors (Lipinski definition) is 1. The predicted octanol–water partition coefficient (Wildman–Crippen LogP) is 2.54. The Bertz CT molecular complexity index is 650. The number of likely N-dealkylation sites (N-methyl/N-ethyl adjacent to an activating group) is 1. The molecule has 1 aliphatic carbocycles. The Morgan fingerprint density at radius 1 is 1.15 bits per heavy atom. The van der Waals surface area contributed by atoms with Gasteiger partial charge in [-0.2, -0.15) is 0 Å². The topological polar surface area (TPSA) is 52.7 Å². The highest BCUT2D eigenvalue weighted by Gasteiger charge is 2.45. The van der Waals surface area contributed by atoms with Crippen molar-refractivity contribution in [2.45, 2.75) is 38.0 Å². The highest BCUT2D eigenvalue weighted by Crippen LogP contribution is 2.43. The molecule has 26 heavy (non-hydrogen) atoms. The van der Waals surface area contributed by atoms with Crippen LogP contribution in [-0.2, 0) is 15.0 Å². The minimum Gasteiger partial charge on any atom is -0.355 e. The highest BCUT2D eigenvalue weighted by atomic mass is 79.9. The van der Waals surface area contributed by atoms with Crippen molar-refractivity contribution in [2.24, 2.45) is 0 Å². The fourth-order valence-electron chi connectivity index (χ4n) is 4.26. The van der Waals surface area contributed by atoms with Crippen molar-refractivity contribution >= 4 is 27.7 Å². The molecule has 1 aliphatic heterocycles. The number of halogens is 1. The molecule has 5 nitrogen and oxygen atoms in total. The van der Waals surface area contributed by atoms with Crippen molar-refractivity contribution in [3.63, 3.8) is 0 Å². The lowest BCUT2D eigenvalue weighted by Crippen LogP contribution is -2.55. The molecule has 142 valence electrons. The summed E-state index contributed by atoms with van der Waals surface area (Å²) in [7, 11) is 0. The van der Waals surface area contributed by atoms with E-state index < -0.39 is 0 Å². The number of rotatable bonds is 5. The van der Waals surface area contributed by atoms with E-state index in [1.807, 2.05) is 24.0 Å². The van der Waals surface area contributed by atoms with E-state index >= 15 is 0 Å². The van der Waals surface area contributed by atoms with Crippen molar-refractivity contribution in [1.82, 2.24) is 15.1 Å². The molecule has 0 unspecified atom stereocenters. The lowest BCUT2D eigenvalue weighted by molar-refractivity contribution is -0.139. The van der Waals surface area contributed by atoms with Crippen LogP contribution in [0.1, 0.15) is 38.2 Å². The predicted molar refractivity (Wildman–Crippen MR) is 106 cm³/mol. The van der Waals surface area contributed by atoms with E-state index in [2.05, 4.69) is 38.3 Å². The first kappa shape index (κ1) is 19.4. The second kappa shape index (κ2) is 8.53. The molecule has 6 heteroatoms. The molecule has 0 atom stereocenters. The van der Waals surface area contributed by atoms with Crippen molar-refractivity contribution in [1.29, 1.82) is 0 Å². The van der Waals surface area contributed by atoms with E-state index in [9.17, 15) is 9.59 Å². The van der Waals surface area contributed by atoms with Gasteiger partial charge in [0.1, 0.15) is 0 Å². The number of amides is 2. The van der Waals surface area contributed by atoms with Gasteiger partial charge in [0.05, 0.1) is 12.0 Å². The molecule has 3 rings (SSSR count). The molecule has 0 spiro atoms. The SMILES string of the molecule is CCNC(=O)CN1CCN(C(=O)C2(c3cccc(Br)c3)CCCC2)CC1. The van der Waals surface area contributed by atoms with Gasteiger partial charge >= 0.3 is 0 Å². The lowest BCUT2D eigenvalue weighted by atomic mass is 9.77. The first-order valence-corrected chi connectivity index (χ1v) is 10.4. The van der Waals surface area contributed by atoms with Gasteiger partial charge in [0.25, 0.3) is 0 Å². The second-order valence-corrected chi connectivity index (χ2v) is 8.24. The molecule has 2 amide bonds. The second-order valence-electron chi connectivity index (χ2n) is 7.32. The molecule has 1 saturated heterocycles. The third-order valence-electron chi connectivity index (χ3n) is 5.64. The largest absolute Gasteiger partial charge is 0.355 e. The van der Waals surface area contributed by atoms with Crippen LogP contribution in [0, 0.1) is 0 Å². The van der Waals surface area contributed by atoms with Gasteiger partial charge in [-0.15, -0.1) is 0 Å². The average molecular weight is 422 g/mol. The third-order valence-corrected chi connectivity index (χ3v) is 6.14. The number of hydrogen-bond acceptors (Lipinski definition) is 3. The van der Waals surface area contributed by atoms with Crippen LogP contribution in [-0.4, -0.2) is 60.9 Å². The van der Waals surface area contributed by atoms with Crippen LogP contribution in [0.4, 0.5) is 0 Å². The van der Waals surface area contributed by atoms with Crippen molar-refractivity contribution in [2.75, 3.05) is 39.3 Å². The van der Waals surface area contributed by atoms with Crippen LogP contribution >= 0.6 is 15.9 Å². The quantitative estimate of drug-likeness (QED) is 0.794. The Morgan fingerprint density at radius 3 is 2.46 bits per heavy atom. The van der Waals surface area contributed by atoms with Crippen molar-refractivity contribution < 1.29 is 9.59 Å². The molecule has 1 aromatic rings. The molecule has 1 aromatic carbocycles. The van der Waals surface area contributed by atoms with Crippen LogP contribution in [0.2, 0.25) is 0 Å². The molecular weight excluding hydrogens is 394 g/mol. The molecule has 1 saturated carbocycles. The van der Waals surface area contributed by atoms with Gasteiger partial charge < -0.3 is 10.2 Å². The minimum atomic E-state index is -0.370. The Morgan fingerprint density at radius 2 is 1.85 bits per heavy atom. The van der Waals surface area contributed by atoms with Crippen LogP contribution < -0.4 is 5.32 Å². The van der Waals surface area contributed by atoms with Gasteiger partial charge in [-0.05, 0) is 37.5 Å². The molecule has 0 radical (unpaired) electrons. The molecule has 1 N–H and O–H groups in total. The molecule has 2 fully saturated rings. The summed E-state index contributed by atoms with van der Waals surface area (Å²) < 4.78 is 1.03. The number of nitrogens with zero attached hydrogens (tertiary/aromatic N) is 2. The first-order valence-electron chi connectivity index (χ1n) is 9.59. The summed E-state index contributed by atoms with van der Waals surface area (Å²) >= 11 is 3.55. The van der Waals surface area contributed by atoms with Crippen molar-refractivity contribution in [3.8, 4) is 0 Å². The van der Waals surface area contributed by atoms with E-state index in [1.165, 1.54) is 0 Å². The molecule has 2 aliphatic rings. The average Bonchev–Trinajstić information content (AvgIpc) is 3.13. The van der Waals surface area contributed by atoms with Crippen LogP contribution in [0.5, 0.6) is 0 Å². The Kier molecular flexibility index (Phi) is 6.35. The minimum absolute atomic E-state index is 0.0636. The summed E-state index contributed by atoms with van der Waals surface area (Å²) in [5.41, 5.74) is 0.769. The number of carbonyl (C=O) groups excluding carboxylic acids is 2. The Labute approximate surface area is 164 Å². The molecular formula is C20H28BrN3O2. The molecule has 0 aromatic heterocycles. The van der Waals surface area contributed by atoms with Gasteiger partial charge in [-0.3, -0.25) is 14.5 Å². The van der Waals surface area contributed by atoms with E-state index in [4.69, 9.17) is 0 Å². The zero-order chi connectivity index (χ0) is 18.6. The number of piperazine rings is 1. The molecule has 0 bridgehead atoms. The fraction of sp³-hybridized carbons (Fsp3) is 0.600. The third kappa shape index (κ3) is 4.12.